The molecular formula is C13H9BrN4O2S. The Hall–Kier alpha value is -1.80. The van der Waals surface area contributed by atoms with E-state index in [0.717, 1.165) is 14.6 Å². The first-order valence-corrected chi connectivity index (χ1v) is 8.04. The third-order valence-corrected chi connectivity index (χ3v) is 5.20. The average Bonchev–Trinajstić information content (AvgIpc) is 3.17. The van der Waals surface area contributed by atoms with Gasteiger partial charge in [0.05, 0.1) is 4.92 Å². The second-order valence-corrected chi connectivity index (χ2v) is 6.71. The predicted octanol–water partition coefficient (Wildman–Crippen LogP) is 4.01. The van der Waals surface area contributed by atoms with Crippen LogP contribution in [0, 0.1) is 10.1 Å². The van der Waals surface area contributed by atoms with Crippen LogP contribution in [0.25, 0.3) is 16.2 Å². The number of nitro groups is 1. The number of halogens is 1. The third-order valence-electron chi connectivity index (χ3n) is 3.42. The Kier molecular flexibility index (Phi) is 2.83. The minimum atomic E-state index is -0.403. The molecule has 6 nitrogen and oxygen atoms in total. The summed E-state index contributed by atoms with van der Waals surface area (Å²) in [5.74, 6) is 0.588. The number of imidazole rings is 1. The van der Waals surface area contributed by atoms with E-state index in [1.165, 1.54) is 25.0 Å². The van der Waals surface area contributed by atoms with Gasteiger partial charge in [-0.2, -0.15) is 9.61 Å². The standard InChI is InChI=1S/C13H9BrN4O2S/c14-11-10(8-2-1-3-9(6-8)18(19)20)15-13-17(11)16-12(21-13)7-4-5-7/h1-3,6-7H,4-5H2. The normalized spacial score (nSPS) is 14.7. The van der Waals surface area contributed by atoms with E-state index in [9.17, 15) is 10.1 Å². The van der Waals surface area contributed by atoms with E-state index in [1.807, 2.05) is 6.07 Å². The van der Waals surface area contributed by atoms with Gasteiger partial charge in [-0.15, -0.1) is 0 Å². The van der Waals surface area contributed by atoms with Crippen LogP contribution in [0.4, 0.5) is 5.69 Å². The van der Waals surface area contributed by atoms with Crippen molar-refractivity contribution in [1.82, 2.24) is 14.6 Å². The molecule has 2 heterocycles. The Balaban J connectivity index is 1.82. The van der Waals surface area contributed by atoms with Crippen molar-refractivity contribution in [2.45, 2.75) is 18.8 Å². The molecule has 0 saturated heterocycles. The Bertz CT molecular complexity index is 868. The molecule has 0 spiro atoms. The molecule has 0 bridgehead atoms. The van der Waals surface area contributed by atoms with Crippen molar-refractivity contribution in [1.29, 1.82) is 0 Å². The summed E-state index contributed by atoms with van der Waals surface area (Å²) < 4.78 is 2.51. The van der Waals surface area contributed by atoms with E-state index in [4.69, 9.17) is 0 Å². The lowest BCUT2D eigenvalue weighted by atomic mass is 10.1. The number of rotatable bonds is 3. The summed E-state index contributed by atoms with van der Waals surface area (Å²) in [7, 11) is 0. The zero-order valence-electron chi connectivity index (χ0n) is 10.7. The second-order valence-electron chi connectivity index (χ2n) is 4.97. The highest BCUT2D eigenvalue weighted by atomic mass is 79.9. The summed E-state index contributed by atoms with van der Waals surface area (Å²) in [4.78, 5) is 15.8. The van der Waals surface area contributed by atoms with Crippen LogP contribution in [0.1, 0.15) is 23.8 Å². The molecule has 0 N–H and O–H groups in total. The summed E-state index contributed by atoms with van der Waals surface area (Å²) in [6.45, 7) is 0. The zero-order valence-corrected chi connectivity index (χ0v) is 13.1. The second kappa shape index (κ2) is 4.60. The quantitative estimate of drug-likeness (QED) is 0.519. The van der Waals surface area contributed by atoms with Crippen molar-refractivity contribution >= 4 is 37.9 Å². The van der Waals surface area contributed by atoms with E-state index in [0.29, 0.717) is 17.2 Å². The Morgan fingerprint density at radius 2 is 2.24 bits per heavy atom. The predicted molar refractivity (Wildman–Crippen MR) is 82.6 cm³/mol. The number of aromatic nitrogens is 3. The maximum Gasteiger partial charge on any atom is 0.270 e. The first-order chi connectivity index (χ1) is 10.1. The molecule has 4 rings (SSSR count). The van der Waals surface area contributed by atoms with Crippen molar-refractivity contribution in [2.24, 2.45) is 0 Å². The van der Waals surface area contributed by atoms with E-state index < -0.39 is 4.92 Å². The molecule has 1 aliphatic carbocycles. The monoisotopic (exact) mass is 364 g/mol. The molecule has 0 radical (unpaired) electrons. The van der Waals surface area contributed by atoms with Gasteiger partial charge in [0.1, 0.15) is 15.3 Å². The van der Waals surface area contributed by atoms with E-state index >= 15 is 0 Å². The summed E-state index contributed by atoms with van der Waals surface area (Å²) in [5, 5.41) is 16.6. The van der Waals surface area contributed by atoms with E-state index in [2.05, 4.69) is 26.0 Å². The molecule has 2 aromatic heterocycles. The van der Waals surface area contributed by atoms with Gasteiger partial charge >= 0.3 is 0 Å². The van der Waals surface area contributed by atoms with Crippen molar-refractivity contribution in [3.05, 3.63) is 44.0 Å². The highest BCUT2D eigenvalue weighted by molar-refractivity contribution is 9.10. The molecule has 1 fully saturated rings. The van der Waals surface area contributed by atoms with Gasteiger partial charge in [0.25, 0.3) is 5.69 Å². The fourth-order valence-electron chi connectivity index (χ4n) is 2.18. The molecule has 106 valence electrons. The average molecular weight is 365 g/mol. The molecule has 8 heteroatoms. The molecule has 0 unspecified atom stereocenters. The molecule has 0 atom stereocenters. The molecule has 0 aliphatic heterocycles. The van der Waals surface area contributed by atoms with Crippen molar-refractivity contribution in [2.75, 3.05) is 0 Å². The van der Waals surface area contributed by atoms with Crippen LogP contribution in [0.15, 0.2) is 28.9 Å². The van der Waals surface area contributed by atoms with Crippen LogP contribution in [0.5, 0.6) is 0 Å². The number of hydrogen-bond donors (Lipinski definition) is 0. The lowest BCUT2D eigenvalue weighted by Crippen LogP contribution is -1.89. The number of nitrogens with zero attached hydrogens (tertiary/aromatic N) is 4. The van der Waals surface area contributed by atoms with Crippen LogP contribution in [0.3, 0.4) is 0 Å². The Morgan fingerprint density at radius 3 is 2.90 bits per heavy atom. The smallest absolute Gasteiger partial charge is 0.258 e. The van der Waals surface area contributed by atoms with Gasteiger partial charge in [-0.1, -0.05) is 23.5 Å². The minimum Gasteiger partial charge on any atom is -0.258 e. The van der Waals surface area contributed by atoms with Crippen LogP contribution in [-0.4, -0.2) is 19.5 Å². The van der Waals surface area contributed by atoms with E-state index in [1.54, 1.807) is 21.9 Å². The topological polar surface area (TPSA) is 73.3 Å². The van der Waals surface area contributed by atoms with Crippen LogP contribution < -0.4 is 0 Å². The number of fused-ring (bicyclic) bond motifs is 1. The zero-order chi connectivity index (χ0) is 14.6. The van der Waals surface area contributed by atoms with Crippen LogP contribution in [0.2, 0.25) is 0 Å². The fraction of sp³-hybridized carbons (Fsp3) is 0.231. The van der Waals surface area contributed by atoms with Gasteiger partial charge in [0, 0.05) is 23.6 Å². The lowest BCUT2D eigenvalue weighted by Gasteiger charge is -1.98. The summed E-state index contributed by atoms with van der Waals surface area (Å²) >= 11 is 5.09. The molecule has 1 aliphatic rings. The molecule has 0 amide bonds. The first-order valence-electron chi connectivity index (χ1n) is 6.43. The van der Waals surface area contributed by atoms with Gasteiger partial charge in [-0.25, -0.2) is 4.98 Å². The van der Waals surface area contributed by atoms with Crippen molar-refractivity contribution in [3.8, 4) is 11.3 Å². The number of hydrogen-bond acceptors (Lipinski definition) is 5. The molecule has 21 heavy (non-hydrogen) atoms. The van der Waals surface area contributed by atoms with Crippen molar-refractivity contribution < 1.29 is 4.92 Å². The summed E-state index contributed by atoms with van der Waals surface area (Å²) in [6.07, 6.45) is 2.40. The van der Waals surface area contributed by atoms with Gasteiger partial charge in [-0.05, 0) is 28.8 Å². The first kappa shape index (κ1) is 12.9. The SMILES string of the molecule is O=[N+]([O-])c1cccc(-c2nc3sc(C4CC4)nn3c2Br)c1. The van der Waals surface area contributed by atoms with Crippen molar-refractivity contribution in [3.63, 3.8) is 0 Å². The lowest BCUT2D eigenvalue weighted by molar-refractivity contribution is -0.384. The van der Waals surface area contributed by atoms with E-state index in [-0.39, 0.29) is 5.69 Å². The van der Waals surface area contributed by atoms with Crippen LogP contribution >= 0.6 is 27.3 Å². The Labute approximate surface area is 131 Å². The number of non-ortho nitro benzene ring substituents is 1. The van der Waals surface area contributed by atoms with Gasteiger partial charge in [0.15, 0.2) is 0 Å². The summed E-state index contributed by atoms with van der Waals surface area (Å²) in [6, 6.07) is 6.47. The third kappa shape index (κ3) is 2.14. The summed E-state index contributed by atoms with van der Waals surface area (Å²) in [5.41, 5.74) is 1.45. The number of benzene rings is 1. The van der Waals surface area contributed by atoms with Gasteiger partial charge < -0.3 is 0 Å². The highest BCUT2D eigenvalue weighted by Crippen LogP contribution is 2.43. The van der Waals surface area contributed by atoms with Gasteiger partial charge in [-0.3, -0.25) is 10.1 Å². The maximum atomic E-state index is 10.9. The Morgan fingerprint density at radius 1 is 1.43 bits per heavy atom. The molecule has 3 aromatic rings. The maximum absolute atomic E-state index is 10.9. The van der Waals surface area contributed by atoms with Crippen LogP contribution in [-0.2, 0) is 0 Å². The van der Waals surface area contributed by atoms with Gasteiger partial charge in [0.2, 0.25) is 4.96 Å². The number of nitro benzene ring substituents is 1. The molecule has 1 aromatic carbocycles. The minimum absolute atomic E-state index is 0.0578. The molecular weight excluding hydrogens is 356 g/mol. The molecule has 1 saturated carbocycles. The highest BCUT2D eigenvalue weighted by Gasteiger charge is 2.29. The fourth-order valence-corrected chi connectivity index (χ4v) is 3.93. The largest absolute Gasteiger partial charge is 0.270 e.